The molecule has 11 nitrogen and oxygen atoms in total. The van der Waals surface area contributed by atoms with Crippen LogP contribution in [0.25, 0.3) is 0 Å². The van der Waals surface area contributed by atoms with Gasteiger partial charge in [0.2, 0.25) is 5.91 Å². The highest BCUT2D eigenvalue weighted by Gasteiger charge is 2.44. The largest absolute Gasteiger partial charge is 0.394 e. The molecule has 0 bridgehead atoms. The first-order chi connectivity index (χ1) is 32.2. The predicted molar refractivity (Wildman–Crippen MR) is 270 cm³/mol. The molecule has 1 saturated heterocycles. The van der Waals surface area contributed by atoms with Crippen molar-refractivity contribution in [1.82, 2.24) is 5.32 Å². The smallest absolute Gasteiger partial charge is 0.249 e. The first-order valence-corrected chi connectivity index (χ1v) is 27.4. The van der Waals surface area contributed by atoms with Crippen molar-refractivity contribution < 1.29 is 50.0 Å². The highest BCUT2D eigenvalue weighted by Crippen LogP contribution is 2.23. The quantitative estimate of drug-likeness (QED) is 0.0215. The van der Waals surface area contributed by atoms with Gasteiger partial charge in [0.15, 0.2) is 6.29 Å². The normalized spacial score (nSPS) is 21.0. The minimum absolute atomic E-state index is 0.244. The van der Waals surface area contributed by atoms with Gasteiger partial charge in [0, 0.05) is 0 Å². The number of hydrogen-bond acceptors (Lipinski definition) is 10. The fourth-order valence-electron chi connectivity index (χ4n) is 8.75. The Morgan fingerprint density at radius 3 is 1.44 bits per heavy atom. The van der Waals surface area contributed by atoms with E-state index in [1.807, 2.05) is 19.1 Å². The topological polar surface area (TPSA) is 189 Å². The number of aliphatic hydroxyl groups is 7. The van der Waals surface area contributed by atoms with Crippen LogP contribution in [0.1, 0.15) is 239 Å². The van der Waals surface area contributed by atoms with E-state index in [1.54, 1.807) is 0 Å². The summed E-state index contributed by atoms with van der Waals surface area (Å²) in [6, 6.07) is -1.19. The third kappa shape index (κ3) is 33.0. The Morgan fingerprint density at radius 1 is 0.545 bits per heavy atom. The van der Waals surface area contributed by atoms with E-state index in [2.05, 4.69) is 36.5 Å². The zero-order chi connectivity index (χ0) is 48.3. The second-order valence-electron chi connectivity index (χ2n) is 19.3. The van der Waals surface area contributed by atoms with E-state index in [-0.39, 0.29) is 12.8 Å². The molecule has 1 aliphatic heterocycles. The SMILES string of the molecule is C/C=C/CC/C=C/CCCC(O)C(O)C(COC1OC(CO)C(O)C(O)C1O)NC(=O)C(O)CCCCCCCCCCCCCCCCC/C=C\CCCCCCCCCCCCCC. The number of carbonyl (C=O) groups is 1. The molecule has 8 N–H and O–H groups in total. The van der Waals surface area contributed by atoms with Gasteiger partial charge in [-0.3, -0.25) is 4.79 Å². The maximum absolute atomic E-state index is 13.1. The zero-order valence-corrected chi connectivity index (χ0v) is 42.2. The van der Waals surface area contributed by atoms with Gasteiger partial charge in [-0.1, -0.05) is 204 Å². The lowest BCUT2D eigenvalue weighted by Gasteiger charge is -2.40. The number of hydrogen-bond donors (Lipinski definition) is 8. The Bertz CT molecular complexity index is 1170. The third-order valence-electron chi connectivity index (χ3n) is 13.2. The van der Waals surface area contributed by atoms with Gasteiger partial charge >= 0.3 is 0 Å². The van der Waals surface area contributed by atoms with Crippen LogP contribution >= 0.6 is 0 Å². The molecule has 1 heterocycles. The summed E-state index contributed by atoms with van der Waals surface area (Å²) >= 11 is 0. The second-order valence-corrected chi connectivity index (χ2v) is 19.3. The number of ether oxygens (including phenoxy) is 2. The van der Waals surface area contributed by atoms with E-state index in [4.69, 9.17) is 9.47 Å². The molecule has 0 saturated carbocycles. The fraction of sp³-hybridized carbons (Fsp3) is 0.873. The Labute approximate surface area is 403 Å². The van der Waals surface area contributed by atoms with Crippen molar-refractivity contribution in [3.05, 3.63) is 36.5 Å². The third-order valence-corrected chi connectivity index (χ3v) is 13.2. The van der Waals surface area contributed by atoms with Crippen molar-refractivity contribution in [2.24, 2.45) is 0 Å². The van der Waals surface area contributed by atoms with Gasteiger partial charge in [-0.05, 0) is 71.1 Å². The molecule has 0 aromatic carbocycles. The van der Waals surface area contributed by atoms with Crippen LogP contribution in [0.15, 0.2) is 36.5 Å². The average Bonchev–Trinajstić information content (AvgIpc) is 3.32. The van der Waals surface area contributed by atoms with Crippen molar-refractivity contribution in [3.8, 4) is 0 Å². The molecule has 0 aromatic rings. The number of aliphatic hydroxyl groups excluding tert-OH is 7. The highest BCUT2D eigenvalue weighted by molar-refractivity contribution is 5.80. The molecule has 0 spiro atoms. The van der Waals surface area contributed by atoms with Gasteiger partial charge in [-0.25, -0.2) is 0 Å². The second kappa shape index (κ2) is 44.5. The van der Waals surface area contributed by atoms with E-state index < -0.39 is 74.2 Å². The van der Waals surface area contributed by atoms with Crippen LogP contribution in [0, 0.1) is 0 Å². The molecular weight excluding hydrogens is 835 g/mol. The summed E-state index contributed by atoms with van der Waals surface area (Å²) in [5, 5.41) is 75.5. The molecule has 11 heteroatoms. The van der Waals surface area contributed by atoms with Crippen molar-refractivity contribution in [3.63, 3.8) is 0 Å². The molecular formula is C55H103NO10. The maximum atomic E-state index is 13.1. The molecule has 9 unspecified atom stereocenters. The molecule has 1 aliphatic rings. The Hall–Kier alpha value is -1.67. The summed E-state index contributed by atoms with van der Waals surface area (Å²) in [5.41, 5.74) is 0. The zero-order valence-electron chi connectivity index (χ0n) is 42.2. The summed E-state index contributed by atoms with van der Waals surface area (Å²) in [6.07, 6.45) is 42.8. The number of rotatable bonds is 46. The minimum atomic E-state index is -1.67. The summed E-state index contributed by atoms with van der Waals surface area (Å²) in [7, 11) is 0. The number of nitrogens with one attached hydrogen (secondary N) is 1. The minimum Gasteiger partial charge on any atom is -0.394 e. The summed E-state index contributed by atoms with van der Waals surface area (Å²) in [4.78, 5) is 13.1. The van der Waals surface area contributed by atoms with Crippen LogP contribution in [0.2, 0.25) is 0 Å². The van der Waals surface area contributed by atoms with Crippen molar-refractivity contribution in [2.75, 3.05) is 13.2 Å². The molecule has 1 amide bonds. The van der Waals surface area contributed by atoms with Crippen LogP contribution < -0.4 is 5.32 Å². The average molecular weight is 938 g/mol. The molecule has 0 radical (unpaired) electrons. The van der Waals surface area contributed by atoms with Gasteiger partial charge < -0.3 is 50.5 Å². The molecule has 1 rings (SSSR count). The Balaban J connectivity index is 2.16. The van der Waals surface area contributed by atoms with Crippen LogP contribution in [0.3, 0.4) is 0 Å². The number of amides is 1. The van der Waals surface area contributed by atoms with E-state index in [9.17, 15) is 40.5 Å². The molecule has 9 atom stereocenters. The van der Waals surface area contributed by atoms with Crippen LogP contribution in [0.4, 0.5) is 0 Å². The maximum Gasteiger partial charge on any atom is 0.249 e. The fourth-order valence-corrected chi connectivity index (χ4v) is 8.75. The van der Waals surface area contributed by atoms with Gasteiger partial charge in [0.1, 0.15) is 36.6 Å². The lowest BCUT2D eigenvalue weighted by molar-refractivity contribution is -0.303. The molecule has 1 fully saturated rings. The number of unbranched alkanes of at least 4 members (excludes halogenated alkanes) is 29. The highest BCUT2D eigenvalue weighted by atomic mass is 16.7. The number of carbonyl (C=O) groups excluding carboxylic acids is 1. The monoisotopic (exact) mass is 938 g/mol. The van der Waals surface area contributed by atoms with E-state index in [1.165, 1.54) is 161 Å². The van der Waals surface area contributed by atoms with Crippen LogP contribution in [-0.4, -0.2) is 110 Å². The lowest BCUT2D eigenvalue weighted by Crippen LogP contribution is -2.60. The van der Waals surface area contributed by atoms with Gasteiger partial charge in [0.25, 0.3) is 0 Å². The molecule has 0 aromatic heterocycles. The number of allylic oxidation sites excluding steroid dienone is 6. The van der Waals surface area contributed by atoms with Gasteiger partial charge in [-0.15, -0.1) is 0 Å². The van der Waals surface area contributed by atoms with Crippen LogP contribution in [-0.2, 0) is 14.3 Å². The van der Waals surface area contributed by atoms with E-state index in [0.29, 0.717) is 19.3 Å². The first-order valence-electron chi connectivity index (χ1n) is 27.4. The van der Waals surface area contributed by atoms with Crippen LogP contribution in [0.5, 0.6) is 0 Å². The first kappa shape index (κ1) is 62.3. The van der Waals surface area contributed by atoms with E-state index in [0.717, 1.165) is 32.1 Å². The summed E-state index contributed by atoms with van der Waals surface area (Å²) in [5.74, 6) is -0.712. The van der Waals surface area contributed by atoms with Crippen molar-refractivity contribution in [1.29, 1.82) is 0 Å². The van der Waals surface area contributed by atoms with Crippen molar-refractivity contribution >= 4 is 5.91 Å². The lowest BCUT2D eigenvalue weighted by atomic mass is 9.98. The molecule has 66 heavy (non-hydrogen) atoms. The standard InChI is InChI=1S/C55H103NO10/c1-3-5-7-9-11-13-14-15-16-17-18-19-20-21-22-23-24-25-26-27-28-29-30-31-32-33-34-35-37-39-41-43-48(59)54(64)56-46(45-65-55-53(63)52(62)51(61)49(44-57)66-55)50(60)47(58)42-40-38-36-12-10-8-6-4-2/h4,6,12,21-22,36,46-53,55,57-63H,3,5,7-11,13-20,23-35,37-45H2,1-2H3,(H,56,64)/b6-4+,22-21-,36-12+. The molecule has 388 valence electrons. The Morgan fingerprint density at radius 2 is 0.970 bits per heavy atom. The van der Waals surface area contributed by atoms with Crippen molar-refractivity contribution in [2.45, 2.75) is 294 Å². The van der Waals surface area contributed by atoms with Gasteiger partial charge in [0.05, 0.1) is 25.4 Å². The summed E-state index contributed by atoms with van der Waals surface area (Å²) in [6.45, 7) is 3.19. The Kier molecular flexibility index (Phi) is 42.1. The van der Waals surface area contributed by atoms with E-state index >= 15 is 0 Å². The molecule has 0 aliphatic carbocycles. The predicted octanol–water partition coefficient (Wildman–Crippen LogP) is 10.7. The summed E-state index contributed by atoms with van der Waals surface area (Å²) < 4.78 is 11.1. The van der Waals surface area contributed by atoms with Gasteiger partial charge in [-0.2, -0.15) is 0 Å².